The lowest BCUT2D eigenvalue weighted by molar-refractivity contribution is -0.115. The van der Waals surface area contributed by atoms with E-state index in [4.69, 9.17) is 4.74 Å². The molecule has 3 rings (SSSR count). The molecule has 0 radical (unpaired) electrons. The van der Waals surface area contributed by atoms with Gasteiger partial charge in [-0.2, -0.15) is 0 Å². The third-order valence-corrected chi connectivity index (χ3v) is 3.80. The maximum absolute atomic E-state index is 12.4. The van der Waals surface area contributed by atoms with Crippen LogP contribution in [0.1, 0.15) is 19.8 Å². The Morgan fingerprint density at radius 2 is 2.35 bits per heavy atom. The van der Waals surface area contributed by atoms with Gasteiger partial charge in [-0.15, -0.1) is 0 Å². The van der Waals surface area contributed by atoms with Gasteiger partial charge in [0.05, 0.1) is 6.26 Å². The molecule has 0 aromatic rings. The van der Waals surface area contributed by atoms with E-state index < -0.39 is 0 Å². The van der Waals surface area contributed by atoms with E-state index in [-0.39, 0.29) is 5.78 Å². The van der Waals surface area contributed by atoms with Crippen LogP contribution in [-0.4, -0.2) is 18.9 Å². The van der Waals surface area contributed by atoms with Crippen LogP contribution in [-0.2, 0) is 9.53 Å². The van der Waals surface area contributed by atoms with Crippen LogP contribution in [0.25, 0.3) is 0 Å². The number of carbonyl (C=O) groups excluding carboxylic acids is 1. The maximum atomic E-state index is 12.4. The van der Waals surface area contributed by atoms with Crippen LogP contribution in [0, 0.1) is 11.8 Å². The van der Waals surface area contributed by atoms with Gasteiger partial charge in [-0.3, -0.25) is 4.79 Å². The Balaban J connectivity index is 1.85. The minimum absolute atomic E-state index is 0.100. The van der Waals surface area contributed by atoms with Crippen LogP contribution in [0.3, 0.4) is 0 Å². The first kappa shape index (κ1) is 10.8. The molecule has 90 valence electrons. The van der Waals surface area contributed by atoms with Gasteiger partial charge in [0.1, 0.15) is 0 Å². The Bertz CT molecular complexity index is 445. The maximum Gasteiger partial charge on any atom is 0.224 e. The monoisotopic (exact) mass is 231 g/mol. The van der Waals surface area contributed by atoms with E-state index in [0.29, 0.717) is 17.6 Å². The van der Waals surface area contributed by atoms with Crippen LogP contribution in [0.2, 0.25) is 0 Å². The topological polar surface area (TPSA) is 38.3 Å². The van der Waals surface area contributed by atoms with E-state index in [9.17, 15) is 4.79 Å². The summed E-state index contributed by atoms with van der Waals surface area (Å²) in [6.45, 7) is 3.90. The summed E-state index contributed by atoms with van der Waals surface area (Å²) >= 11 is 0. The Kier molecular flexibility index (Phi) is 2.63. The molecule has 2 heterocycles. The van der Waals surface area contributed by atoms with E-state index in [0.717, 1.165) is 37.1 Å². The minimum atomic E-state index is 0.100. The van der Waals surface area contributed by atoms with E-state index in [1.165, 1.54) is 0 Å². The van der Waals surface area contributed by atoms with E-state index in [2.05, 4.69) is 11.4 Å². The lowest BCUT2D eigenvalue weighted by atomic mass is 9.92. The summed E-state index contributed by atoms with van der Waals surface area (Å²) in [5, 5.41) is 3.37. The molecule has 2 aliphatic heterocycles. The van der Waals surface area contributed by atoms with Crippen LogP contribution in [0.15, 0.2) is 35.3 Å². The summed E-state index contributed by atoms with van der Waals surface area (Å²) in [6, 6.07) is 0. The van der Waals surface area contributed by atoms with Crippen molar-refractivity contribution in [1.82, 2.24) is 5.32 Å². The fraction of sp³-hybridized carbons (Fsp3) is 0.500. The summed E-state index contributed by atoms with van der Waals surface area (Å²) in [6.07, 6.45) is 7.65. The molecule has 0 aromatic heterocycles. The number of ketones is 1. The van der Waals surface area contributed by atoms with Crippen molar-refractivity contribution in [3.8, 4) is 0 Å². The zero-order valence-electron chi connectivity index (χ0n) is 10.0. The number of nitrogens with one attached hydrogen (secondary N) is 1. The zero-order chi connectivity index (χ0) is 11.8. The Morgan fingerprint density at radius 1 is 1.47 bits per heavy atom. The van der Waals surface area contributed by atoms with Gasteiger partial charge in [0.15, 0.2) is 5.76 Å². The van der Waals surface area contributed by atoms with Gasteiger partial charge in [-0.1, -0.05) is 6.08 Å². The van der Waals surface area contributed by atoms with Crippen LogP contribution in [0.4, 0.5) is 0 Å². The molecule has 3 nitrogen and oxygen atoms in total. The number of allylic oxidation sites excluding steroid dienone is 3. The normalized spacial score (nSPS) is 31.2. The van der Waals surface area contributed by atoms with Gasteiger partial charge in [0, 0.05) is 24.6 Å². The molecule has 17 heavy (non-hydrogen) atoms. The fourth-order valence-corrected chi connectivity index (χ4v) is 2.90. The van der Waals surface area contributed by atoms with Crippen molar-refractivity contribution >= 4 is 5.78 Å². The third kappa shape index (κ3) is 1.84. The van der Waals surface area contributed by atoms with Gasteiger partial charge in [-0.05, 0) is 37.3 Å². The minimum Gasteiger partial charge on any atom is -0.461 e. The zero-order valence-corrected chi connectivity index (χ0v) is 10.0. The highest BCUT2D eigenvalue weighted by atomic mass is 16.5. The van der Waals surface area contributed by atoms with Gasteiger partial charge >= 0.3 is 0 Å². The third-order valence-electron chi connectivity index (χ3n) is 3.80. The molecule has 0 amide bonds. The van der Waals surface area contributed by atoms with Crippen molar-refractivity contribution < 1.29 is 9.53 Å². The number of carbonyl (C=O) groups is 1. The van der Waals surface area contributed by atoms with Gasteiger partial charge in [-0.25, -0.2) is 0 Å². The number of Topliss-reactive ketones (excluding diaryl/α,β-unsaturated/α-hetero) is 1. The van der Waals surface area contributed by atoms with Gasteiger partial charge < -0.3 is 10.1 Å². The molecule has 2 unspecified atom stereocenters. The number of ether oxygens (including phenoxy) is 1. The second-order valence-electron chi connectivity index (χ2n) is 5.11. The molecule has 1 saturated heterocycles. The van der Waals surface area contributed by atoms with Crippen LogP contribution >= 0.6 is 0 Å². The number of hydrogen-bond donors (Lipinski definition) is 1. The second-order valence-corrected chi connectivity index (χ2v) is 5.11. The van der Waals surface area contributed by atoms with Crippen molar-refractivity contribution in [2.45, 2.75) is 19.8 Å². The molecule has 1 N–H and O–H groups in total. The Morgan fingerprint density at radius 3 is 3.12 bits per heavy atom. The largest absolute Gasteiger partial charge is 0.461 e. The second kappa shape index (κ2) is 4.15. The molecule has 2 bridgehead atoms. The molecule has 2 atom stereocenters. The summed E-state index contributed by atoms with van der Waals surface area (Å²) in [7, 11) is 0. The predicted molar refractivity (Wildman–Crippen MR) is 65.1 cm³/mol. The van der Waals surface area contributed by atoms with Crippen molar-refractivity contribution in [2.75, 3.05) is 13.1 Å². The lowest BCUT2D eigenvalue weighted by Gasteiger charge is -2.22. The number of piperidine rings is 1. The van der Waals surface area contributed by atoms with Crippen LogP contribution in [0.5, 0.6) is 0 Å². The average molecular weight is 231 g/mol. The fourth-order valence-electron chi connectivity index (χ4n) is 2.90. The summed E-state index contributed by atoms with van der Waals surface area (Å²) in [5.74, 6) is 1.57. The molecule has 3 heteroatoms. The first-order chi connectivity index (χ1) is 8.25. The molecule has 0 saturated carbocycles. The first-order valence-corrected chi connectivity index (χ1v) is 6.24. The van der Waals surface area contributed by atoms with E-state index in [1.54, 1.807) is 6.26 Å². The molecular weight excluding hydrogens is 214 g/mol. The highest BCUT2D eigenvalue weighted by Crippen LogP contribution is 2.35. The van der Waals surface area contributed by atoms with Gasteiger partial charge in [0.25, 0.3) is 0 Å². The highest BCUT2D eigenvalue weighted by molar-refractivity contribution is 6.08. The number of hydrogen-bond acceptors (Lipinski definition) is 3. The first-order valence-electron chi connectivity index (χ1n) is 6.24. The molecule has 0 aromatic carbocycles. The number of rotatable bonds is 2. The predicted octanol–water partition coefficient (Wildman–Crippen LogP) is 1.93. The standard InChI is InChI=1S/C14H17NO2/c1-9-3-2-4-17-14(9)13(16)12-6-10-5-11(12)8-15-7-10/h2,4,6,10-11,15H,3,5,7-8H2,1H3. The number of fused-ring (bicyclic) bond motifs is 2. The highest BCUT2D eigenvalue weighted by Gasteiger charge is 2.35. The molecule has 0 spiro atoms. The summed E-state index contributed by atoms with van der Waals surface area (Å²) in [5.41, 5.74) is 2.00. The molecular formula is C14H17NO2. The average Bonchev–Trinajstić information content (AvgIpc) is 2.64. The SMILES string of the molecule is CC1=C(C(=O)C2=CC3CNCC2C3)OC=CC1. The van der Waals surface area contributed by atoms with Crippen molar-refractivity contribution in [3.05, 3.63) is 35.3 Å². The molecule has 1 aliphatic carbocycles. The smallest absolute Gasteiger partial charge is 0.224 e. The van der Waals surface area contributed by atoms with Gasteiger partial charge in [0.2, 0.25) is 5.78 Å². The van der Waals surface area contributed by atoms with Crippen LogP contribution < -0.4 is 5.32 Å². The van der Waals surface area contributed by atoms with Crippen molar-refractivity contribution in [3.63, 3.8) is 0 Å². The Hall–Kier alpha value is -1.35. The lowest BCUT2D eigenvalue weighted by Crippen LogP contribution is -2.33. The van der Waals surface area contributed by atoms with Crippen molar-refractivity contribution in [1.29, 1.82) is 0 Å². The van der Waals surface area contributed by atoms with Crippen molar-refractivity contribution in [2.24, 2.45) is 11.8 Å². The quantitative estimate of drug-likeness (QED) is 0.789. The molecule has 3 aliphatic rings. The summed E-state index contributed by atoms with van der Waals surface area (Å²) < 4.78 is 5.40. The summed E-state index contributed by atoms with van der Waals surface area (Å²) in [4.78, 5) is 12.4. The van der Waals surface area contributed by atoms with E-state index in [1.807, 2.05) is 13.0 Å². The van der Waals surface area contributed by atoms with E-state index >= 15 is 0 Å². The Labute approximate surface area is 101 Å². The molecule has 1 fully saturated rings.